The Morgan fingerprint density at radius 2 is 1.65 bits per heavy atom. The number of amides is 3. The number of halogens is 1. The second kappa shape index (κ2) is 19.6. The van der Waals surface area contributed by atoms with E-state index in [1.54, 1.807) is 56.3 Å². The average Bonchev–Trinajstić information content (AvgIpc) is 3.99. The molecule has 26 nitrogen and oxygen atoms in total. The number of rotatable bonds is 17. The fourth-order valence-electron chi connectivity index (χ4n) is 9.69. The number of fused-ring (bicyclic) bond motifs is 3. The molecule has 9 rings (SSSR count). The molecule has 2 aromatic heterocycles. The van der Waals surface area contributed by atoms with E-state index in [1.807, 2.05) is 0 Å². The standard InChI is InChI=1S/C43H50FN9O17P2/c1-20-11-26-27(12-21(20)2)53-31(56)13-24(23-9-6-10-25(44)36(23)66-15-22-7-4-3-5-8-22)43(53)40(49-42(61)50-41(43)60)51(26)14-28(54)33(57)29(55)16-67-71(62,63)70-72(64,65)68-17-30-34(58)35(59)39(69-30)52-19-48-32-37(45)46-18-47-38(32)52/h3-12,18-19,24,28-31,33-35,39-40,54-59H,13-17H2,1-2H3,(H,62,63)(H,64,65)(H2,45,46,47)(H2,49,50,60,61)/p-2/t24-,28+,29-,30-,31-,33+,34-,35-,39-,40-,43+/m1/s1. The number of aliphatic hydroxyl groups excluding tert-OH is 6. The molecular formula is C43H48FN9O17P2-2. The van der Waals surface area contributed by atoms with Gasteiger partial charge in [0.15, 0.2) is 34.8 Å². The SMILES string of the molecule is Cc1cc2c(cc1C)N1[C@H](O)C[C@H](c3cccc(F)c3OCc3ccccc3)[C@]13C(=O)NC(=O)N[C@@H]3N2C[C@H](O)[C@H](O)[C@H](O)COP(=O)([O-])OP(=O)([O-])OC[C@H]1O[C@@H](n2cnc3c(N)ncnc32)[C@H](O)[C@@H]1O. The van der Waals surface area contributed by atoms with E-state index < -0.39 is 120 Å². The summed E-state index contributed by atoms with van der Waals surface area (Å²) in [7, 11) is -11.9. The van der Waals surface area contributed by atoms with Crippen LogP contribution in [0.3, 0.4) is 0 Å². The number of carbonyl (C=O) groups excluding carboxylic acids is 2. The van der Waals surface area contributed by atoms with E-state index in [-0.39, 0.29) is 52.7 Å². The molecule has 3 fully saturated rings. The fraction of sp³-hybridized carbons (Fsp3) is 0.419. The van der Waals surface area contributed by atoms with Crippen molar-refractivity contribution in [2.75, 3.05) is 35.3 Å². The Balaban J connectivity index is 0.909. The minimum atomic E-state index is -5.98. The molecule has 4 aliphatic rings. The number of benzene rings is 3. The molecule has 2 unspecified atom stereocenters. The number of nitrogens with one attached hydrogen (secondary N) is 2. The number of aliphatic hydroxyl groups is 6. The molecule has 6 heterocycles. The van der Waals surface area contributed by atoms with Crippen LogP contribution in [0.2, 0.25) is 0 Å². The molecule has 0 radical (unpaired) electrons. The summed E-state index contributed by atoms with van der Waals surface area (Å²) in [4.78, 5) is 68.1. The minimum absolute atomic E-state index is 0.00144. The number of β-amino-alcohol motifs (C(OH)–C–C–N with tert-alkyl or cyclic N) is 1. The number of para-hydroxylation sites is 1. The van der Waals surface area contributed by atoms with Gasteiger partial charge in [0.05, 0.1) is 30.9 Å². The maximum absolute atomic E-state index is 15.9. The molecule has 5 aromatic rings. The van der Waals surface area contributed by atoms with Gasteiger partial charge in [0.25, 0.3) is 21.6 Å². The second-order valence-electron chi connectivity index (χ2n) is 17.6. The summed E-state index contributed by atoms with van der Waals surface area (Å²) in [6.45, 7) is 0.226. The molecule has 4 aliphatic heterocycles. The van der Waals surface area contributed by atoms with Crippen LogP contribution in [0.1, 0.15) is 40.8 Å². The fourth-order valence-corrected chi connectivity index (χ4v) is 11.7. The van der Waals surface area contributed by atoms with Gasteiger partial charge in [0, 0.05) is 24.4 Å². The highest BCUT2D eigenvalue weighted by atomic mass is 31.3. The quantitative estimate of drug-likeness (QED) is 0.0513. The average molecular weight is 1040 g/mol. The van der Waals surface area contributed by atoms with Crippen LogP contribution in [0.4, 0.5) is 26.4 Å². The molecule has 0 aliphatic carbocycles. The summed E-state index contributed by atoms with van der Waals surface area (Å²) in [5.41, 5.74) is 6.68. The molecule has 0 bridgehead atoms. The van der Waals surface area contributed by atoms with Crippen molar-refractivity contribution in [2.45, 2.75) is 93.6 Å². The number of imide groups is 1. The van der Waals surface area contributed by atoms with Gasteiger partial charge in [-0.05, 0) is 48.7 Å². The molecule has 3 saturated heterocycles. The van der Waals surface area contributed by atoms with Crippen molar-refractivity contribution in [3.05, 3.63) is 101 Å². The van der Waals surface area contributed by atoms with Crippen LogP contribution in [0.5, 0.6) is 5.75 Å². The van der Waals surface area contributed by atoms with Crippen LogP contribution in [0.25, 0.3) is 11.2 Å². The van der Waals surface area contributed by atoms with Gasteiger partial charge in [0.1, 0.15) is 67.5 Å². The van der Waals surface area contributed by atoms with Crippen molar-refractivity contribution < 1.29 is 86.4 Å². The van der Waals surface area contributed by atoms with Gasteiger partial charge in [-0.3, -0.25) is 23.8 Å². The monoisotopic (exact) mass is 1040 g/mol. The lowest BCUT2D eigenvalue weighted by Gasteiger charge is -2.58. The third kappa shape index (κ3) is 9.30. The first kappa shape index (κ1) is 51.2. The lowest BCUT2D eigenvalue weighted by molar-refractivity contribution is -0.247. The predicted molar refractivity (Wildman–Crippen MR) is 241 cm³/mol. The van der Waals surface area contributed by atoms with E-state index in [0.717, 1.165) is 12.4 Å². The van der Waals surface area contributed by atoms with Crippen molar-refractivity contribution in [3.8, 4) is 5.75 Å². The zero-order chi connectivity index (χ0) is 51.6. The number of urea groups is 1. The van der Waals surface area contributed by atoms with E-state index >= 15 is 4.39 Å². The Hall–Kier alpha value is -5.74. The number of ether oxygens (including phenoxy) is 2. The smallest absolute Gasteiger partial charge is 0.323 e. The van der Waals surface area contributed by atoms with Crippen molar-refractivity contribution in [1.29, 1.82) is 0 Å². The first-order valence-electron chi connectivity index (χ1n) is 22.2. The largest absolute Gasteiger partial charge is 0.756 e. The summed E-state index contributed by atoms with van der Waals surface area (Å²) in [5.74, 6) is -3.08. The molecule has 29 heteroatoms. The molecular weight excluding hydrogens is 995 g/mol. The highest BCUT2D eigenvalue weighted by Crippen LogP contribution is 2.59. The summed E-state index contributed by atoms with van der Waals surface area (Å²) in [6.07, 6.45) is -14.0. The van der Waals surface area contributed by atoms with Gasteiger partial charge in [-0.1, -0.05) is 42.5 Å². The van der Waals surface area contributed by atoms with Crippen molar-refractivity contribution in [3.63, 3.8) is 0 Å². The summed E-state index contributed by atoms with van der Waals surface area (Å²) in [6, 6.07) is 15.3. The summed E-state index contributed by atoms with van der Waals surface area (Å²) in [5, 5.41) is 72.0. The molecule has 0 saturated carbocycles. The lowest BCUT2D eigenvalue weighted by atomic mass is 9.73. The number of imidazole rings is 1. The van der Waals surface area contributed by atoms with E-state index in [9.17, 15) is 59.1 Å². The van der Waals surface area contributed by atoms with Gasteiger partial charge in [0.2, 0.25) is 0 Å². The number of nitrogen functional groups attached to an aromatic ring is 1. The van der Waals surface area contributed by atoms with Gasteiger partial charge in [-0.15, -0.1) is 0 Å². The molecule has 13 atom stereocenters. The van der Waals surface area contributed by atoms with Crippen LogP contribution in [-0.2, 0) is 38.6 Å². The second-order valence-corrected chi connectivity index (χ2v) is 20.6. The van der Waals surface area contributed by atoms with Crippen LogP contribution in [0, 0.1) is 19.7 Å². The third-order valence-electron chi connectivity index (χ3n) is 13.2. The lowest BCUT2D eigenvalue weighted by Crippen LogP contribution is -2.81. The van der Waals surface area contributed by atoms with Crippen molar-refractivity contribution >= 4 is 55.9 Å². The Labute approximate surface area is 407 Å². The van der Waals surface area contributed by atoms with E-state index in [2.05, 4.69) is 38.9 Å². The van der Waals surface area contributed by atoms with Crippen LogP contribution in [0.15, 0.2) is 73.3 Å². The van der Waals surface area contributed by atoms with E-state index in [4.69, 9.17) is 15.2 Å². The Morgan fingerprint density at radius 1 is 0.944 bits per heavy atom. The van der Waals surface area contributed by atoms with Gasteiger partial charge in [-0.25, -0.2) is 28.4 Å². The molecule has 3 aromatic carbocycles. The topological polar surface area (TPSA) is 382 Å². The Bertz CT molecular complexity index is 2980. The number of phosphoric ester groups is 2. The molecule has 10 N–H and O–H groups in total. The zero-order valence-electron chi connectivity index (χ0n) is 37.9. The Kier molecular flexibility index (Phi) is 13.9. The number of hydrogen-bond acceptors (Lipinski definition) is 23. The number of carbonyl (C=O) groups is 2. The van der Waals surface area contributed by atoms with Crippen LogP contribution in [-0.4, -0.2) is 136 Å². The number of nitrogens with zero attached hydrogens (tertiary/aromatic N) is 6. The summed E-state index contributed by atoms with van der Waals surface area (Å²) >= 11 is 0. The van der Waals surface area contributed by atoms with Gasteiger partial charge < -0.3 is 79.8 Å². The van der Waals surface area contributed by atoms with Gasteiger partial charge in [-0.2, -0.15) is 0 Å². The van der Waals surface area contributed by atoms with Crippen LogP contribution >= 0.6 is 15.6 Å². The number of anilines is 3. The summed E-state index contributed by atoms with van der Waals surface area (Å²) < 4.78 is 67.5. The highest BCUT2D eigenvalue weighted by molar-refractivity contribution is 7.59. The number of aromatic nitrogens is 4. The number of hydrogen-bond donors (Lipinski definition) is 9. The minimum Gasteiger partial charge on any atom is -0.756 e. The van der Waals surface area contributed by atoms with Gasteiger partial charge >= 0.3 is 6.03 Å². The normalized spacial score (nSPS) is 27.7. The van der Waals surface area contributed by atoms with Crippen molar-refractivity contribution in [2.24, 2.45) is 0 Å². The number of aryl methyl sites for hydroxylation is 2. The zero-order valence-corrected chi connectivity index (χ0v) is 39.7. The van der Waals surface area contributed by atoms with Crippen LogP contribution < -0.4 is 40.7 Å². The van der Waals surface area contributed by atoms with E-state index in [1.165, 1.54) is 32.8 Å². The Morgan fingerprint density at radius 3 is 2.39 bits per heavy atom. The number of phosphoric acid groups is 2. The highest BCUT2D eigenvalue weighted by Gasteiger charge is 2.69. The maximum atomic E-state index is 15.9. The van der Waals surface area contributed by atoms with E-state index in [0.29, 0.717) is 16.7 Å². The molecule has 3 amide bonds. The number of nitrogens with two attached hydrogens (primary N) is 1. The maximum Gasteiger partial charge on any atom is 0.323 e. The molecule has 72 heavy (non-hydrogen) atoms. The predicted octanol–water partition coefficient (Wildman–Crippen LogP) is -0.831. The molecule has 1 spiro atoms. The first-order valence-corrected chi connectivity index (χ1v) is 25.1. The van der Waals surface area contributed by atoms with Crippen molar-refractivity contribution in [1.82, 2.24) is 30.2 Å². The molecule has 386 valence electrons. The first-order chi connectivity index (χ1) is 34.1. The third-order valence-corrected chi connectivity index (χ3v) is 15.7.